The lowest BCUT2D eigenvalue weighted by molar-refractivity contribution is -0.0291. The molecule has 2 atom stereocenters. The number of hydrogen-bond donors (Lipinski definition) is 0. The largest absolute Gasteiger partial charge is 0.384 e. The Morgan fingerprint density at radius 3 is 2.75 bits per heavy atom. The maximum Gasteiger partial charge on any atom is 0.0645 e. The average molecular weight is 173 g/mol. The zero-order valence-electron chi connectivity index (χ0n) is 8.25. The molecule has 0 saturated carbocycles. The van der Waals surface area contributed by atoms with E-state index in [-0.39, 0.29) is 0 Å². The van der Waals surface area contributed by atoms with Crippen LogP contribution in [0.5, 0.6) is 0 Å². The van der Waals surface area contributed by atoms with Crippen molar-refractivity contribution in [3.05, 3.63) is 0 Å². The molecule has 0 aliphatic carbocycles. The van der Waals surface area contributed by atoms with Gasteiger partial charge in [0.25, 0.3) is 0 Å². The molecule has 1 aliphatic rings. The van der Waals surface area contributed by atoms with Gasteiger partial charge in [-0.25, -0.2) is 0 Å². The van der Waals surface area contributed by atoms with Crippen LogP contribution in [-0.4, -0.2) is 52.0 Å². The standard InChI is InChI=1S/C9H19NO2/c1-10-5-4-9(12-3)8(6-10)7-11-2/h8-9H,4-7H2,1-3H3. The van der Waals surface area contributed by atoms with E-state index in [1.165, 1.54) is 0 Å². The number of nitrogens with zero attached hydrogens (tertiary/aromatic N) is 1. The third kappa shape index (κ3) is 2.44. The molecule has 1 rings (SSSR count). The van der Waals surface area contributed by atoms with Gasteiger partial charge in [0.2, 0.25) is 0 Å². The Kier molecular flexibility index (Phi) is 3.98. The summed E-state index contributed by atoms with van der Waals surface area (Å²) in [7, 11) is 5.69. The van der Waals surface area contributed by atoms with Crippen LogP contribution < -0.4 is 0 Å². The average Bonchev–Trinajstić information content (AvgIpc) is 2.05. The van der Waals surface area contributed by atoms with Gasteiger partial charge in [0.05, 0.1) is 12.7 Å². The van der Waals surface area contributed by atoms with Gasteiger partial charge in [-0.15, -0.1) is 0 Å². The summed E-state index contributed by atoms with van der Waals surface area (Å²) in [6, 6.07) is 0. The summed E-state index contributed by atoms with van der Waals surface area (Å²) in [5.41, 5.74) is 0. The lowest BCUT2D eigenvalue weighted by Gasteiger charge is -2.35. The molecular weight excluding hydrogens is 154 g/mol. The van der Waals surface area contributed by atoms with Crippen molar-refractivity contribution in [1.29, 1.82) is 0 Å². The number of hydrogen-bond acceptors (Lipinski definition) is 3. The van der Waals surface area contributed by atoms with E-state index in [1.54, 1.807) is 14.2 Å². The van der Waals surface area contributed by atoms with Crippen molar-refractivity contribution in [3.8, 4) is 0 Å². The van der Waals surface area contributed by atoms with Crippen LogP contribution in [-0.2, 0) is 9.47 Å². The molecule has 0 aromatic rings. The lowest BCUT2D eigenvalue weighted by atomic mass is 9.96. The van der Waals surface area contributed by atoms with E-state index in [0.717, 1.165) is 26.1 Å². The summed E-state index contributed by atoms with van der Waals surface area (Å²) >= 11 is 0. The molecule has 1 aliphatic heterocycles. The third-order valence-corrected chi connectivity index (χ3v) is 2.55. The highest BCUT2D eigenvalue weighted by molar-refractivity contribution is 4.79. The summed E-state index contributed by atoms with van der Waals surface area (Å²) in [5.74, 6) is 0.541. The van der Waals surface area contributed by atoms with Gasteiger partial charge in [-0.3, -0.25) is 0 Å². The van der Waals surface area contributed by atoms with Crippen molar-refractivity contribution in [1.82, 2.24) is 4.90 Å². The Labute approximate surface area is 74.6 Å². The minimum absolute atomic E-state index is 0.390. The Bertz CT molecular complexity index is 130. The highest BCUT2D eigenvalue weighted by atomic mass is 16.5. The van der Waals surface area contributed by atoms with E-state index in [2.05, 4.69) is 11.9 Å². The van der Waals surface area contributed by atoms with Crippen molar-refractivity contribution >= 4 is 0 Å². The van der Waals surface area contributed by atoms with Gasteiger partial charge in [0, 0.05) is 33.2 Å². The molecule has 12 heavy (non-hydrogen) atoms. The van der Waals surface area contributed by atoms with E-state index in [9.17, 15) is 0 Å². The van der Waals surface area contributed by atoms with Crippen LogP contribution in [0.2, 0.25) is 0 Å². The summed E-state index contributed by atoms with van der Waals surface area (Å²) in [4.78, 5) is 2.33. The van der Waals surface area contributed by atoms with E-state index in [0.29, 0.717) is 12.0 Å². The predicted molar refractivity (Wildman–Crippen MR) is 48.3 cm³/mol. The van der Waals surface area contributed by atoms with Crippen LogP contribution in [0.15, 0.2) is 0 Å². The van der Waals surface area contributed by atoms with Crippen LogP contribution in [0.3, 0.4) is 0 Å². The van der Waals surface area contributed by atoms with Gasteiger partial charge in [0.15, 0.2) is 0 Å². The third-order valence-electron chi connectivity index (χ3n) is 2.55. The number of likely N-dealkylation sites (tertiary alicyclic amines) is 1. The topological polar surface area (TPSA) is 21.7 Å². The van der Waals surface area contributed by atoms with Gasteiger partial charge in [-0.05, 0) is 13.5 Å². The van der Waals surface area contributed by atoms with Crippen LogP contribution in [0.4, 0.5) is 0 Å². The molecule has 0 radical (unpaired) electrons. The molecule has 0 aromatic carbocycles. The van der Waals surface area contributed by atoms with E-state index in [4.69, 9.17) is 9.47 Å². The van der Waals surface area contributed by atoms with Gasteiger partial charge in [-0.2, -0.15) is 0 Å². The molecule has 1 saturated heterocycles. The fourth-order valence-electron chi connectivity index (χ4n) is 1.88. The Morgan fingerprint density at radius 2 is 2.17 bits per heavy atom. The van der Waals surface area contributed by atoms with Gasteiger partial charge < -0.3 is 14.4 Å². The second kappa shape index (κ2) is 4.80. The first-order valence-electron chi connectivity index (χ1n) is 4.48. The second-order valence-electron chi connectivity index (χ2n) is 3.54. The molecule has 1 heterocycles. The molecule has 2 unspecified atom stereocenters. The maximum atomic E-state index is 5.40. The first-order valence-corrected chi connectivity index (χ1v) is 4.48. The van der Waals surface area contributed by atoms with Crippen molar-refractivity contribution in [3.63, 3.8) is 0 Å². The Hall–Kier alpha value is -0.120. The Morgan fingerprint density at radius 1 is 1.42 bits per heavy atom. The first kappa shape index (κ1) is 9.96. The quantitative estimate of drug-likeness (QED) is 0.624. The number of ether oxygens (including phenoxy) is 2. The monoisotopic (exact) mass is 173 g/mol. The molecule has 0 N–H and O–H groups in total. The molecule has 0 aromatic heterocycles. The smallest absolute Gasteiger partial charge is 0.0645 e. The molecule has 1 fully saturated rings. The fourth-order valence-corrected chi connectivity index (χ4v) is 1.88. The van der Waals surface area contributed by atoms with Crippen LogP contribution >= 0.6 is 0 Å². The predicted octanol–water partition coefficient (Wildman–Crippen LogP) is 0.599. The minimum atomic E-state index is 0.390. The van der Waals surface area contributed by atoms with E-state index in [1.807, 2.05) is 0 Å². The van der Waals surface area contributed by atoms with E-state index >= 15 is 0 Å². The summed E-state index contributed by atoms with van der Waals surface area (Å²) < 4.78 is 10.6. The SMILES string of the molecule is COCC1CN(C)CCC1OC. The van der Waals surface area contributed by atoms with Crippen molar-refractivity contribution in [2.24, 2.45) is 5.92 Å². The fraction of sp³-hybridized carbons (Fsp3) is 1.00. The molecular formula is C9H19NO2. The van der Waals surface area contributed by atoms with Crippen molar-refractivity contribution < 1.29 is 9.47 Å². The highest BCUT2D eigenvalue weighted by Crippen LogP contribution is 2.18. The van der Waals surface area contributed by atoms with Gasteiger partial charge >= 0.3 is 0 Å². The normalized spacial score (nSPS) is 32.2. The van der Waals surface area contributed by atoms with Crippen LogP contribution in [0.1, 0.15) is 6.42 Å². The minimum Gasteiger partial charge on any atom is -0.384 e. The van der Waals surface area contributed by atoms with Crippen molar-refractivity contribution in [2.45, 2.75) is 12.5 Å². The maximum absolute atomic E-state index is 5.40. The molecule has 72 valence electrons. The zero-order chi connectivity index (χ0) is 8.97. The van der Waals surface area contributed by atoms with Gasteiger partial charge in [0.1, 0.15) is 0 Å². The summed E-state index contributed by atoms with van der Waals surface area (Å²) in [6.45, 7) is 3.04. The first-order chi connectivity index (χ1) is 5.77. The highest BCUT2D eigenvalue weighted by Gasteiger charge is 2.27. The van der Waals surface area contributed by atoms with Crippen LogP contribution in [0.25, 0.3) is 0 Å². The second-order valence-corrected chi connectivity index (χ2v) is 3.54. The number of piperidine rings is 1. The van der Waals surface area contributed by atoms with E-state index < -0.39 is 0 Å². The molecule has 3 heteroatoms. The Balaban J connectivity index is 2.40. The summed E-state index contributed by atoms with van der Waals surface area (Å²) in [5, 5.41) is 0. The van der Waals surface area contributed by atoms with Crippen LogP contribution in [0, 0.1) is 5.92 Å². The molecule has 0 amide bonds. The zero-order valence-corrected chi connectivity index (χ0v) is 8.25. The molecule has 3 nitrogen and oxygen atoms in total. The van der Waals surface area contributed by atoms with Crippen molar-refractivity contribution in [2.75, 3.05) is 41.0 Å². The summed E-state index contributed by atoms with van der Waals surface area (Å²) in [6.07, 6.45) is 1.52. The lowest BCUT2D eigenvalue weighted by Crippen LogP contribution is -2.43. The molecule has 0 spiro atoms. The molecule has 0 bridgehead atoms. The van der Waals surface area contributed by atoms with Gasteiger partial charge in [-0.1, -0.05) is 0 Å². The number of methoxy groups -OCH3 is 2. The number of rotatable bonds is 3.